The number of nitrogens with zero attached hydrogens (tertiary/aromatic N) is 1. The normalized spacial score (nSPS) is 12.8. The number of carbonyl (C=O) groups is 1. The van der Waals surface area contributed by atoms with Crippen molar-refractivity contribution in [2.24, 2.45) is 5.92 Å². The van der Waals surface area contributed by atoms with Crippen LogP contribution in [0.4, 0.5) is 5.69 Å². The Kier molecular flexibility index (Phi) is 6.87. The van der Waals surface area contributed by atoms with Gasteiger partial charge in [-0.3, -0.25) is 9.10 Å². The third kappa shape index (κ3) is 5.74. The van der Waals surface area contributed by atoms with E-state index in [9.17, 15) is 13.2 Å². The highest BCUT2D eigenvalue weighted by molar-refractivity contribution is 7.92. The van der Waals surface area contributed by atoms with Crippen LogP contribution in [-0.4, -0.2) is 39.8 Å². The number of nitrogens with one attached hydrogen (secondary N) is 1. The van der Waals surface area contributed by atoms with E-state index in [-0.39, 0.29) is 24.4 Å². The fraction of sp³-hybridized carbons (Fsp3) is 0.562. The summed E-state index contributed by atoms with van der Waals surface area (Å²) >= 11 is 0. The van der Waals surface area contributed by atoms with Gasteiger partial charge in [0.1, 0.15) is 12.3 Å². The molecule has 0 aliphatic carbocycles. The van der Waals surface area contributed by atoms with Gasteiger partial charge in [0, 0.05) is 6.04 Å². The second kappa shape index (κ2) is 8.19. The van der Waals surface area contributed by atoms with Crippen molar-refractivity contribution in [1.82, 2.24) is 5.32 Å². The quantitative estimate of drug-likeness (QED) is 0.784. The molecule has 1 N–H and O–H groups in total. The van der Waals surface area contributed by atoms with E-state index in [0.29, 0.717) is 18.0 Å². The van der Waals surface area contributed by atoms with Crippen molar-refractivity contribution >= 4 is 21.6 Å². The third-order valence-electron chi connectivity index (χ3n) is 3.51. The molecule has 0 saturated heterocycles. The highest BCUT2D eigenvalue weighted by Crippen LogP contribution is 2.29. The number of ether oxygens (including phenoxy) is 1. The molecule has 0 radical (unpaired) electrons. The highest BCUT2D eigenvalue weighted by Gasteiger charge is 2.24. The number of benzene rings is 1. The van der Waals surface area contributed by atoms with Crippen LogP contribution in [-0.2, 0) is 14.8 Å². The zero-order valence-electron chi connectivity index (χ0n) is 14.4. The Labute approximate surface area is 138 Å². The molecule has 0 fully saturated rings. The highest BCUT2D eigenvalue weighted by atomic mass is 32.2. The number of carbonyl (C=O) groups excluding carboxylic acids is 1. The standard InChI is InChI=1S/C16H26N2O4S/c1-6-22-15-10-8-7-9-14(15)18(23(5,20)21)11-16(19)17-13(4)12(2)3/h7-10,12-13H,6,11H2,1-5H3,(H,17,19)/t13-/m0/s1. The molecule has 1 atom stereocenters. The van der Waals surface area contributed by atoms with Crippen LogP contribution >= 0.6 is 0 Å². The summed E-state index contributed by atoms with van der Waals surface area (Å²) < 4.78 is 30.8. The molecule has 0 heterocycles. The number of amides is 1. The Morgan fingerprint density at radius 3 is 2.39 bits per heavy atom. The Balaban J connectivity index is 3.06. The molecule has 6 nitrogen and oxygen atoms in total. The molecule has 0 spiro atoms. The van der Waals surface area contributed by atoms with Gasteiger partial charge in [0.25, 0.3) is 0 Å². The van der Waals surface area contributed by atoms with E-state index >= 15 is 0 Å². The zero-order chi connectivity index (χ0) is 17.6. The number of sulfonamides is 1. The minimum absolute atomic E-state index is 0.0361. The lowest BCUT2D eigenvalue weighted by Crippen LogP contribution is -2.44. The summed E-state index contributed by atoms with van der Waals surface area (Å²) in [6, 6.07) is 6.75. The molecule has 0 aliphatic rings. The molecule has 0 saturated carbocycles. The molecule has 1 aromatic rings. The molecule has 1 aromatic carbocycles. The molecular weight excluding hydrogens is 316 g/mol. The van der Waals surface area contributed by atoms with Crippen LogP contribution in [0.1, 0.15) is 27.7 Å². The van der Waals surface area contributed by atoms with Gasteiger partial charge in [0.15, 0.2) is 0 Å². The summed E-state index contributed by atoms with van der Waals surface area (Å²) in [7, 11) is -3.62. The molecule has 1 rings (SSSR count). The largest absolute Gasteiger partial charge is 0.492 e. The maximum Gasteiger partial charge on any atom is 0.240 e. The van der Waals surface area contributed by atoms with E-state index in [2.05, 4.69) is 5.32 Å². The van der Waals surface area contributed by atoms with E-state index in [1.807, 2.05) is 27.7 Å². The smallest absolute Gasteiger partial charge is 0.240 e. The van der Waals surface area contributed by atoms with Crippen molar-refractivity contribution in [2.75, 3.05) is 23.7 Å². The monoisotopic (exact) mass is 342 g/mol. The summed E-state index contributed by atoms with van der Waals surface area (Å²) in [6.45, 7) is 7.82. The van der Waals surface area contributed by atoms with E-state index in [4.69, 9.17) is 4.74 Å². The summed E-state index contributed by atoms with van der Waals surface area (Å²) in [5, 5.41) is 2.82. The van der Waals surface area contributed by atoms with Gasteiger partial charge in [0.05, 0.1) is 18.6 Å². The van der Waals surface area contributed by atoms with Crippen molar-refractivity contribution in [3.63, 3.8) is 0 Å². The first-order chi connectivity index (χ1) is 10.7. The van der Waals surface area contributed by atoms with Crippen LogP contribution in [0.15, 0.2) is 24.3 Å². The molecule has 1 amide bonds. The minimum atomic E-state index is -3.62. The van der Waals surface area contributed by atoms with Crippen molar-refractivity contribution in [3.8, 4) is 5.75 Å². The van der Waals surface area contributed by atoms with Gasteiger partial charge in [-0.15, -0.1) is 0 Å². The first-order valence-electron chi connectivity index (χ1n) is 7.65. The van der Waals surface area contributed by atoms with Gasteiger partial charge >= 0.3 is 0 Å². The third-order valence-corrected chi connectivity index (χ3v) is 4.64. The molecule has 23 heavy (non-hydrogen) atoms. The Morgan fingerprint density at radius 2 is 1.87 bits per heavy atom. The Bertz CT molecular complexity index is 629. The lowest BCUT2D eigenvalue weighted by Gasteiger charge is -2.25. The SMILES string of the molecule is CCOc1ccccc1N(CC(=O)N[C@@H](C)C(C)C)S(C)(=O)=O. The maximum atomic E-state index is 12.2. The van der Waals surface area contributed by atoms with Gasteiger partial charge in [-0.05, 0) is 31.9 Å². The fourth-order valence-electron chi connectivity index (χ4n) is 1.92. The molecule has 0 bridgehead atoms. The van der Waals surface area contributed by atoms with Crippen LogP contribution in [0.2, 0.25) is 0 Å². The van der Waals surface area contributed by atoms with E-state index in [1.165, 1.54) is 0 Å². The van der Waals surface area contributed by atoms with Gasteiger partial charge in [-0.1, -0.05) is 26.0 Å². The van der Waals surface area contributed by atoms with Crippen LogP contribution in [0.3, 0.4) is 0 Å². The maximum absolute atomic E-state index is 12.2. The summed E-state index contributed by atoms with van der Waals surface area (Å²) in [5.74, 6) is 0.356. The molecule has 0 aromatic heterocycles. The molecular formula is C16H26N2O4S. The van der Waals surface area contributed by atoms with E-state index in [0.717, 1.165) is 10.6 Å². The predicted octanol–water partition coefficient (Wildman–Crippen LogP) is 2.01. The number of rotatable bonds is 8. The van der Waals surface area contributed by atoms with Crippen LogP contribution in [0.5, 0.6) is 5.75 Å². The predicted molar refractivity (Wildman–Crippen MR) is 92.2 cm³/mol. The van der Waals surface area contributed by atoms with Crippen molar-refractivity contribution < 1.29 is 17.9 Å². The molecule has 130 valence electrons. The van der Waals surface area contributed by atoms with Crippen LogP contribution < -0.4 is 14.4 Å². The first-order valence-corrected chi connectivity index (χ1v) is 9.50. The molecule has 0 aliphatic heterocycles. The lowest BCUT2D eigenvalue weighted by molar-refractivity contribution is -0.120. The minimum Gasteiger partial charge on any atom is -0.492 e. The zero-order valence-corrected chi connectivity index (χ0v) is 15.2. The van der Waals surface area contributed by atoms with E-state index < -0.39 is 10.0 Å². The van der Waals surface area contributed by atoms with Gasteiger partial charge in [-0.25, -0.2) is 8.42 Å². The average molecular weight is 342 g/mol. The lowest BCUT2D eigenvalue weighted by atomic mass is 10.1. The second-order valence-electron chi connectivity index (χ2n) is 5.77. The Hall–Kier alpha value is -1.76. The van der Waals surface area contributed by atoms with Crippen molar-refractivity contribution in [2.45, 2.75) is 33.7 Å². The number of para-hydroxylation sites is 2. The average Bonchev–Trinajstić information content (AvgIpc) is 2.44. The number of hydrogen-bond acceptors (Lipinski definition) is 4. The Morgan fingerprint density at radius 1 is 1.26 bits per heavy atom. The molecule has 0 unspecified atom stereocenters. The topological polar surface area (TPSA) is 75.7 Å². The van der Waals surface area contributed by atoms with Crippen molar-refractivity contribution in [3.05, 3.63) is 24.3 Å². The van der Waals surface area contributed by atoms with E-state index in [1.54, 1.807) is 24.3 Å². The molecule has 7 heteroatoms. The van der Waals surface area contributed by atoms with Crippen LogP contribution in [0.25, 0.3) is 0 Å². The van der Waals surface area contributed by atoms with Crippen molar-refractivity contribution in [1.29, 1.82) is 0 Å². The first kappa shape index (κ1) is 19.3. The fourth-order valence-corrected chi connectivity index (χ4v) is 2.78. The van der Waals surface area contributed by atoms with Gasteiger partial charge in [-0.2, -0.15) is 0 Å². The number of anilines is 1. The summed E-state index contributed by atoms with van der Waals surface area (Å²) in [6.07, 6.45) is 1.08. The number of hydrogen-bond donors (Lipinski definition) is 1. The summed E-state index contributed by atoms with van der Waals surface area (Å²) in [4.78, 5) is 12.2. The van der Waals surface area contributed by atoms with Gasteiger partial charge < -0.3 is 10.1 Å². The second-order valence-corrected chi connectivity index (χ2v) is 7.68. The van der Waals surface area contributed by atoms with Gasteiger partial charge in [0.2, 0.25) is 15.9 Å². The summed E-state index contributed by atoms with van der Waals surface area (Å²) in [5.41, 5.74) is 0.365. The van der Waals surface area contributed by atoms with Crippen LogP contribution in [0, 0.1) is 5.92 Å².